The molecule has 3 rings (SSSR count). The molecule has 0 aromatic heterocycles. The minimum Gasteiger partial charge on any atom is -0.308 e. The van der Waals surface area contributed by atoms with Gasteiger partial charge >= 0.3 is 0 Å². The monoisotopic (exact) mass is 275 g/mol. The smallest absolute Gasteiger partial charge is 0.0253 e. The van der Waals surface area contributed by atoms with Crippen molar-refractivity contribution in [2.75, 3.05) is 0 Å². The third-order valence-corrected chi connectivity index (χ3v) is 4.32. The standard InChI is InChI=1S/C20H21N/c1-20(2,13-15-7-3-4-8-15)19-12-17-10-6-5-9-16(17)11-18(19)14-21/h3-7,9-12,14,21H,8,13H2,1-2H3. The Labute approximate surface area is 126 Å². The number of hydrogen-bond acceptors (Lipinski definition) is 1. The van der Waals surface area contributed by atoms with E-state index in [1.165, 1.54) is 28.1 Å². The summed E-state index contributed by atoms with van der Waals surface area (Å²) in [6.07, 6.45) is 10.2. The van der Waals surface area contributed by atoms with Gasteiger partial charge in [0.2, 0.25) is 0 Å². The highest BCUT2D eigenvalue weighted by molar-refractivity contribution is 5.92. The van der Waals surface area contributed by atoms with Crippen LogP contribution in [0, 0.1) is 5.41 Å². The van der Waals surface area contributed by atoms with Crippen molar-refractivity contribution in [3.8, 4) is 0 Å². The van der Waals surface area contributed by atoms with Gasteiger partial charge in [-0.15, -0.1) is 0 Å². The minimum atomic E-state index is 0.0365. The highest BCUT2D eigenvalue weighted by Crippen LogP contribution is 2.36. The summed E-state index contributed by atoms with van der Waals surface area (Å²) < 4.78 is 0. The van der Waals surface area contributed by atoms with Gasteiger partial charge in [0.1, 0.15) is 0 Å². The van der Waals surface area contributed by atoms with E-state index < -0.39 is 0 Å². The van der Waals surface area contributed by atoms with E-state index in [2.05, 4.69) is 68.5 Å². The lowest BCUT2D eigenvalue weighted by Crippen LogP contribution is -2.20. The molecule has 0 unspecified atom stereocenters. The van der Waals surface area contributed by atoms with Gasteiger partial charge in [0.05, 0.1) is 0 Å². The third-order valence-electron chi connectivity index (χ3n) is 4.32. The van der Waals surface area contributed by atoms with Crippen molar-refractivity contribution in [2.45, 2.75) is 32.1 Å². The quantitative estimate of drug-likeness (QED) is 0.723. The molecular weight excluding hydrogens is 254 g/mol. The van der Waals surface area contributed by atoms with Gasteiger partial charge in [-0.05, 0) is 52.3 Å². The predicted octanol–water partition coefficient (Wildman–Crippen LogP) is 5.39. The van der Waals surface area contributed by atoms with Gasteiger partial charge in [-0.2, -0.15) is 0 Å². The van der Waals surface area contributed by atoms with Gasteiger partial charge < -0.3 is 5.41 Å². The Morgan fingerprint density at radius 3 is 2.48 bits per heavy atom. The van der Waals surface area contributed by atoms with Crippen LogP contribution in [0.4, 0.5) is 0 Å². The maximum Gasteiger partial charge on any atom is 0.0253 e. The molecule has 1 heteroatoms. The minimum absolute atomic E-state index is 0.0365. The predicted molar refractivity (Wildman–Crippen MR) is 91.3 cm³/mol. The number of fused-ring (bicyclic) bond motifs is 1. The Kier molecular flexibility index (Phi) is 3.50. The summed E-state index contributed by atoms with van der Waals surface area (Å²) in [6, 6.07) is 12.8. The summed E-state index contributed by atoms with van der Waals surface area (Å²) in [5.74, 6) is 0. The van der Waals surface area contributed by atoms with Gasteiger partial charge in [-0.25, -0.2) is 0 Å². The highest BCUT2D eigenvalue weighted by atomic mass is 14.4. The van der Waals surface area contributed by atoms with Gasteiger partial charge in [0, 0.05) is 6.21 Å². The second-order valence-electron chi connectivity index (χ2n) is 6.45. The zero-order chi connectivity index (χ0) is 14.9. The molecule has 2 aromatic rings. The van der Waals surface area contributed by atoms with Crippen LogP contribution in [0.1, 0.15) is 37.8 Å². The summed E-state index contributed by atoms with van der Waals surface area (Å²) in [7, 11) is 0. The molecule has 0 radical (unpaired) electrons. The Balaban J connectivity index is 2.06. The normalized spacial score (nSPS) is 14.5. The number of benzene rings is 2. The molecule has 1 nitrogen and oxygen atoms in total. The van der Waals surface area contributed by atoms with E-state index in [9.17, 15) is 0 Å². The second kappa shape index (κ2) is 5.33. The van der Waals surface area contributed by atoms with Crippen molar-refractivity contribution in [3.05, 3.63) is 71.3 Å². The zero-order valence-electron chi connectivity index (χ0n) is 12.7. The van der Waals surface area contributed by atoms with Gasteiger partial charge in [0.25, 0.3) is 0 Å². The van der Waals surface area contributed by atoms with Crippen LogP contribution in [0.5, 0.6) is 0 Å². The first-order chi connectivity index (χ1) is 10.1. The summed E-state index contributed by atoms with van der Waals surface area (Å²) in [6.45, 7) is 4.56. The summed E-state index contributed by atoms with van der Waals surface area (Å²) >= 11 is 0. The molecule has 106 valence electrons. The van der Waals surface area contributed by atoms with Crippen LogP contribution in [0.2, 0.25) is 0 Å². The first-order valence-electron chi connectivity index (χ1n) is 7.48. The number of nitrogens with one attached hydrogen (secondary N) is 1. The molecule has 1 aliphatic carbocycles. The Hall–Kier alpha value is -2.15. The fourth-order valence-corrected chi connectivity index (χ4v) is 3.25. The molecule has 0 aliphatic heterocycles. The van der Waals surface area contributed by atoms with Crippen LogP contribution < -0.4 is 0 Å². The number of allylic oxidation sites excluding steroid dienone is 4. The van der Waals surface area contributed by atoms with Gasteiger partial charge in [-0.3, -0.25) is 0 Å². The molecule has 0 amide bonds. The molecule has 0 saturated heterocycles. The van der Waals surface area contributed by atoms with Crippen LogP contribution in [-0.2, 0) is 5.41 Å². The molecule has 1 aliphatic rings. The fourth-order valence-electron chi connectivity index (χ4n) is 3.25. The van der Waals surface area contributed by atoms with E-state index >= 15 is 0 Å². The summed E-state index contributed by atoms with van der Waals surface area (Å²) in [5.41, 5.74) is 3.81. The van der Waals surface area contributed by atoms with E-state index in [1.807, 2.05) is 0 Å². The summed E-state index contributed by atoms with van der Waals surface area (Å²) in [4.78, 5) is 0. The van der Waals surface area contributed by atoms with Crippen molar-refractivity contribution in [3.63, 3.8) is 0 Å². The Morgan fingerprint density at radius 1 is 1.14 bits per heavy atom. The molecule has 0 saturated carbocycles. The molecule has 0 fully saturated rings. The van der Waals surface area contributed by atoms with Crippen LogP contribution in [0.15, 0.2) is 60.2 Å². The molecule has 0 spiro atoms. The number of rotatable bonds is 4. The second-order valence-corrected chi connectivity index (χ2v) is 6.45. The first kappa shape index (κ1) is 13.8. The maximum atomic E-state index is 7.77. The SMILES string of the molecule is CC(C)(CC1=CC=CC1)c1cc2ccccc2cc1C=N. The Bertz CT molecular complexity index is 748. The fraction of sp³-hybridized carbons (Fsp3) is 0.250. The van der Waals surface area contributed by atoms with Gasteiger partial charge in [-0.1, -0.05) is 61.9 Å². The van der Waals surface area contributed by atoms with E-state index in [-0.39, 0.29) is 5.41 Å². The van der Waals surface area contributed by atoms with Crippen molar-refractivity contribution in [1.29, 1.82) is 5.41 Å². The first-order valence-corrected chi connectivity index (χ1v) is 7.48. The van der Waals surface area contributed by atoms with Crippen LogP contribution in [0.3, 0.4) is 0 Å². The Morgan fingerprint density at radius 2 is 1.86 bits per heavy atom. The van der Waals surface area contributed by atoms with Crippen molar-refractivity contribution in [2.24, 2.45) is 0 Å². The van der Waals surface area contributed by atoms with Crippen LogP contribution in [-0.4, -0.2) is 6.21 Å². The van der Waals surface area contributed by atoms with E-state index in [0.29, 0.717) is 0 Å². The zero-order valence-corrected chi connectivity index (χ0v) is 12.7. The lowest BCUT2D eigenvalue weighted by Gasteiger charge is -2.28. The van der Waals surface area contributed by atoms with E-state index in [4.69, 9.17) is 5.41 Å². The average molecular weight is 275 g/mol. The van der Waals surface area contributed by atoms with Crippen LogP contribution in [0.25, 0.3) is 10.8 Å². The molecule has 0 heterocycles. The number of hydrogen-bond donors (Lipinski definition) is 1. The largest absolute Gasteiger partial charge is 0.308 e. The molecule has 0 bridgehead atoms. The lowest BCUT2D eigenvalue weighted by atomic mass is 9.76. The van der Waals surface area contributed by atoms with Crippen molar-refractivity contribution < 1.29 is 0 Å². The highest BCUT2D eigenvalue weighted by Gasteiger charge is 2.25. The molecular formula is C20H21N. The molecule has 1 N–H and O–H groups in total. The van der Waals surface area contributed by atoms with Crippen LogP contribution >= 0.6 is 0 Å². The molecule has 2 aromatic carbocycles. The topological polar surface area (TPSA) is 23.9 Å². The summed E-state index contributed by atoms with van der Waals surface area (Å²) in [5, 5.41) is 10.2. The molecule has 21 heavy (non-hydrogen) atoms. The van der Waals surface area contributed by atoms with Crippen molar-refractivity contribution >= 4 is 17.0 Å². The van der Waals surface area contributed by atoms with Crippen molar-refractivity contribution in [1.82, 2.24) is 0 Å². The average Bonchev–Trinajstić information content (AvgIpc) is 2.98. The maximum absolute atomic E-state index is 7.77. The van der Waals surface area contributed by atoms with E-state index in [0.717, 1.165) is 18.4 Å². The third kappa shape index (κ3) is 2.69. The molecule has 0 atom stereocenters. The van der Waals surface area contributed by atoms with E-state index in [1.54, 1.807) is 0 Å². The van der Waals surface area contributed by atoms with Gasteiger partial charge in [0.15, 0.2) is 0 Å². The lowest BCUT2D eigenvalue weighted by molar-refractivity contribution is 0.517.